The molecule has 8 heteroatoms. The molecule has 0 saturated heterocycles. The quantitative estimate of drug-likeness (QED) is 0.483. The number of nitrogens with two attached hydrogens (primary N) is 1. The predicted octanol–water partition coefficient (Wildman–Crippen LogP) is 2.31. The molecule has 2 aromatic carbocycles. The summed E-state index contributed by atoms with van der Waals surface area (Å²) in [6, 6.07) is 14.3. The number of halogens is 1. The lowest BCUT2D eigenvalue weighted by atomic mass is 10.2. The maximum absolute atomic E-state index is 11.9. The van der Waals surface area contributed by atoms with Crippen molar-refractivity contribution in [3.05, 3.63) is 65.3 Å². The molecule has 1 aromatic heterocycles. The minimum atomic E-state index is -0.439. The Balaban J connectivity index is 1.64. The van der Waals surface area contributed by atoms with Crippen molar-refractivity contribution in [2.45, 2.75) is 6.54 Å². The van der Waals surface area contributed by atoms with Crippen LogP contribution in [0.25, 0.3) is 10.9 Å². The molecule has 138 valence electrons. The van der Waals surface area contributed by atoms with Crippen molar-refractivity contribution in [1.29, 1.82) is 0 Å². The molecule has 0 atom stereocenters. The van der Waals surface area contributed by atoms with Crippen molar-refractivity contribution >= 4 is 40.5 Å². The summed E-state index contributed by atoms with van der Waals surface area (Å²) < 4.78 is 7.08. The number of benzene rings is 2. The smallest absolute Gasteiger partial charge is 0.277 e. The first-order valence-electron chi connectivity index (χ1n) is 8.09. The van der Waals surface area contributed by atoms with Gasteiger partial charge in [0.25, 0.3) is 5.91 Å². The molecule has 7 nitrogen and oxygen atoms in total. The van der Waals surface area contributed by atoms with Crippen LogP contribution in [0, 0.1) is 0 Å². The molecule has 3 aromatic rings. The fraction of sp³-hybridized carbons (Fsp3) is 0.105. The summed E-state index contributed by atoms with van der Waals surface area (Å²) in [5.41, 5.74) is 9.29. The van der Waals surface area contributed by atoms with Crippen LogP contribution >= 0.6 is 11.6 Å². The Morgan fingerprint density at radius 2 is 2.04 bits per heavy atom. The van der Waals surface area contributed by atoms with Crippen molar-refractivity contribution in [2.75, 3.05) is 6.61 Å². The Morgan fingerprint density at radius 3 is 2.81 bits per heavy atom. The number of amides is 2. The summed E-state index contributed by atoms with van der Waals surface area (Å²) in [6.45, 7) is -0.130. The maximum Gasteiger partial charge on any atom is 0.277 e. The van der Waals surface area contributed by atoms with E-state index in [2.05, 4.69) is 10.5 Å². The van der Waals surface area contributed by atoms with Gasteiger partial charge in [-0.2, -0.15) is 5.10 Å². The topological polar surface area (TPSA) is 98.7 Å². The molecule has 0 unspecified atom stereocenters. The molecule has 2 amide bonds. The summed E-state index contributed by atoms with van der Waals surface area (Å²) in [5, 5.41) is 5.38. The predicted molar refractivity (Wildman–Crippen MR) is 104 cm³/mol. The van der Waals surface area contributed by atoms with E-state index in [0.717, 1.165) is 16.5 Å². The van der Waals surface area contributed by atoms with E-state index < -0.39 is 11.8 Å². The van der Waals surface area contributed by atoms with Gasteiger partial charge in [-0.3, -0.25) is 9.59 Å². The monoisotopic (exact) mass is 384 g/mol. The molecule has 0 radical (unpaired) electrons. The van der Waals surface area contributed by atoms with E-state index in [1.54, 1.807) is 35.0 Å². The third-order valence-electron chi connectivity index (χ3n) is 3.70. The number of hydrazone groups is 1. The van der Waals surface area contributed by atoms with Crippen molar-refractivity contribution in [3.63, 3.8) is 0 Å². The Bertz CT molecular complexity index is 1010. The number of primary amides is 1. The van der Waals surface area contributed by atoms with E-state index >= 15 is 0 Å². The number of para-hydroxylation sites is 1. The number of carbonyl (C=O) groups excluding carboxylic acids is 2. The van der Waals surface area contributed by atoms with Crippen LogP contribution in [0.2, 0.25) is 5.02 Å². The normalized spacial score (nSPS) is 11.0. The number of rotatable bonds is 7. The van der Waals surface area contributed by atoms with Crippen molar-refractivity contribution < 1.29 is 14.3 Å². The summed E-state index contributed by atoms with van der Waals surface area (Å²) in [5.74, 6) is -0.353. The Morgan fingerprint density at radius 1 is 1.22 bits per heavy atom. The second-order valence-electron chi connectivity index (χ2n) is 5.74. The molecule has 0 saturated carbocycles. The minimum absolute atomic E-state index is 0.0637. The third-order valence-corrected chi connectivity index (χ3v) is 3.94. The van der Waals surface area contributed by atoms with Crippen LogP contribution < -0.4 is 15.9 Å². The van der Waals surface area contributed by atoms with Gasteiger partial charge in [0.2, 0.25) is 5.91 Å². The molecule has 0 bridgehead atoms. The molecule has 0 aliphatic carbocycles. The highest BCUT2D eigenvalue weighted by atomic mass is 35.5. The number of nitrogens with one attached hydrogen (secondary N) is 1. The van der Waals surface area contributed by atoms with Crippen LogP contribution in [0.4, 0.5) is 0 Å². The van der Waals surface area contributed by atoms with Gasteiger partial charge in [0.15, 0.2) is 6.61 Å². The first-order valence-corrected chi connectivity index (χ1v) is 8.47. The number of nitrogens with zero attached hydrogens (tertiary/aromatic N) is 2. The highest BCUT2D eigenvalue weighted by Crippen LogP contribution is 2.20. The van der Waals surface area contributed by atoms with Gasteiger partial charge in [0.05, 0.1) is 6.21 Å². The number of hydrogen-bond donors (Lipinski definition) is 2. The molecule has 3 N–H and O–H groups in total. The fourth-order valence-electron chi connectivity index (χ4n) is 2.59. The first kappa shape index (κ1) is 18.5. The van der Waals surface area contributed by atoms with E-state index in [0.29, 0.717) is 10.8 Å². The summed E-state index contributed by atoms with van der Waals surface area (Å²) >= 11 is 5.86. The van der Waals surface area contributed by atoms with Crippen LogP contribution in [0.15, 0.2) is 59.8 Å². The number of carbonyl (C=O) groups is 2. The lowest BCUT2D eigenvalue weighted by Crippen LogP contribution is -2.24. The molecule has 0 aliphatic rings. The number of fused-ring (bicyclic) bond motifs is 1. The van der Waals surface area contributed by atoms with E-state index in [1.807, 2.05) is 24.3 Å². The van der Waals surface area contributed by atoms with Gasteiger partial charge in [-0.25, -0.2) is 5.43 Å². The Hall–Kier alpha value is -3.32. The Labute approximate surface area is 160 Å². The highest BCUT2D eigenvalue weighted by Gasteiger charge is 2.08. The maximum atomic E-state index is 11.9. The van der Waals surface area contributed by atoms with Crippen LogP contribution in [-0.4, -0.2) is 29.2 Å². The second kappa shape index (κ2) is 8.37. The van der Waals surface area contributed by atoms with Crippen molar-refractivity contribution in [3.8, 4) is 5.75 Å². The summed E-state index contributed by atoms with van der Waals surface area (Å²) in [4.78, 5) is 23.1. The van der Waals surface area contributed by atoms with Gasteiger partial charge in [-0.1, -0.05) is 35.9 Å². The standard InChI is InChI=1S/C19H17ClN4O3/c20-14-4-3-5-15(8-14)27-12-19(26)23-22-9-13-10-24(11-18(21)25)17-7-2-1-6-16(13)17/h1-10H,11-12H2,(H2,21,25)(H,23,26)/b22-9+. The molecule has 3 rings (SSSR count). The van der Waals surface area contributed by atoms with E-state index in [1.165, 1.54) is 6.21 Å². The summed E-state index contributed by atoms with van der Waals surface area (Å²) in [7, 11) is 0. The van der Waals surface area contributed by atoms with Gasteiger partial charge in [0, 0.05) is 27.7 Å². The van der Waals surface area contributed by atoms with Crippen LogP contribution in [0.5, 0.6) is 5.75 Å². The van der Waals surface area contributed by atoms with Gasteiger partial charge in [0.1, 0.15) is 12.3 Å². The molecule has 1 heterocycles. The zero-order valence-electron chi connectivity index (χ0n) is 14.3. The average Bonchev–Trinajstić information content (AvgIpc) is 2.97. The molecule has 0 spiro atoms. The van der Waals surface area contributed by atoms with Crippen LogP contribution in [0.3, 0.4) is 0 Å². The largest absolute Gasteiger partial charge is 0.484 e. The number of ether oxygens (including phenoxy) is 1. The highest BCUT2D eigenvalue weighted by molar-refractivity contribution is 6.30. The van der Waals surface area contributed by atoms with Gasteiger partial charge in [-0.15, -0.1) is 0 Å². The van der Waals surface area contributed by atoms with Gasteiger partial charge < -0.3 is 15.0 Å². The van der Waals surface area contributed by atoms with E-state index in [-0.39, 0.29) is 13.2 Å². The zero-order valence-corrected chi connectivity index (χ0v) is 15.0. The first-order chi connectivity index (χ1) is 13.0. The van der Waals surface area contributed by atoms with Crippen molar-refractivity contribution in [1.82, 2.24) is 9.99 Å². The van der Waals surface area contributed by atoms with Gasteiger partial charge >= 0.3 is 0 Å². The lowest BCUT2D eigenvalue weighted by Gasteiger charge is -2.04. The minimum Gasteiger partial charge on any atom is -0.484 e. The van der Waals surface area contributed by atoms with E-state index in [9.17, 15) is 9.59 Å². The molecular formula is C19H17ClN4O3. The van der Waals surface area contributed by atoms with Gasteiger partial charge in [-0.05, 0) is 24.3 Å². The zero-order chi connectivity index (χ0) is 19.2. The third kappa shape index (κ3) is 4.86. The SMILES string of the molecule is NC(=O)Cn1cc(/C=N/NC(=O)COc2cccc(Cl)c2)c2ccccc21. The fourth-order valence-corrected chi connectivity index (χ4v) is 2.77. The molecule has 0 fully saturated rings. The Kier molecular flexibility index (Phi) is 5.73. The summed E-state index contributed by atoms with van der Waals surface area (Å²) in [6.07, 6.45) is 3.27. The lowest BCUT2D eigenvalue weighted by molar-refractivity contribution is -0.123. The molecular weight excluding hydrogens is 368 g/mol. The number of hydrogen-bond acceptors (Lipinski definition) is 4. The van der Waals surface area contributed by atoms with E-state index in [4.69, 9.17) is 22.1 Å². The second-order valence-corrected chi connectivity index (χ2v) is 6.17. The molecule has 27 heavy (non-hydrogen) atoms. The molecule has 0 aliphatic heterocycles. The van der Waals surface area contributed by atoms with Crippen LogP contribution in [-0.2, 0) is 16.1 Å². The van der Waals surface area contributed by atoms with Crippen molar-refractivity contribution in [2.24, 2.45) is 10.8 Å². The number of aromatic nitrogens is 1. The average molecular weight is 385 g/mol. The van der Waals surface area contributed by atoms with Crippen LogP contribution in [0.1, 0.15) is 5.56 Å².